The molecule has 0 aromatic rings. The molecule has 1 unspecified atom stereocenters. The lowest BCUT2D eigenvalue weighted by atomic mass is 9.88. The van der Waals surface area contributed by atoms with Gasteiger partial charge in [-0.05, 0) is 12.8 Å². The molecule has 8 nitrogen and oxygen atoms in total. The summed E-state index contributed by atoms with van der Waals surface area (Å²) < 4.78 is 0. The number of hydrogen-bond donors (Lipinski definition) is 1. The average molecular weight is 331 g/mol. The Morgan fingerprint density at radius 1 is 1.38 bits per heavy atom. The number of terminal acetylenes is 1. The molecule has 0 bridgehead atoms. The van der Waals surface area contributed by atoms with E-state index in [1.54, 1.807) is 4.90 Å². The Kier molecular flexibility index (Phi) is 4.03. The third kappa shape index (κ3) is 2.86. The van der Waals surface area contributed by atoms with Crippen molar-refractivity contribution in [3.05, 3.63) is 0 Å². The van der Waals surface area contributed by atoms with Crippen molar-refractivity contribution in [3.8, 4) is 12.3 Å². The van der Waals surface area contributed by atoms with Gasteiger partial charge in [0.25, 0.3) is 5.91 Å². The number of carbonyl (C=O) groups is 3. The molecule has 128 valence electrons. The molecular formula is C16H21N5O3. The highest BCUT2D eigenvalue weighted by atomic mass is 16.2. The number of likely N-dealkylation sites (N-methyl/N-ethyl adjacent to an activating group) is 1. The van der Waals surface area contributed by atoms with Crippen LogP contribution >= 0.6 is 0 Å². The Labute approximate surface area is 140 Å². The summed E-state index contributed by atoms with van der Waals surface area (Å²) in [7, 11) is 1.46. The zero-order valence-electron chi connectivity index (χ0n) is 13.7. The summed E-state index contributed by atoms with van der Waals surface area (Å²) in [5.41, 5.74) is -1.44. The van der Waals surface area contributed by atoms with E-state index in [2.05, 4.69) is 21.5 Å². The Hall–Kier alpha value is -2.43. The number of hydrogen-bond acceptors (Lipinski definition) is 5. The third-order valence-electron chi connectivity index (χ3n) is 5.00. The predicted octanol–water partition coefficient (Wildman–Crippen LogP) is 0.885. The van der Waals surface area contributed by atoms with Crippen LogP contribution in [0.4, 0.5) is 4.79 Å². The molecule has 2 fully saturated rings. The highest BCUT2D eigenvalue weighted by Crippen LogP contribution is 2.38. The largest absolute Gasteiger partial charge is 0.340 e. The summed E-state index contributed by atoms with van der Waals surface area (Å²) >= 11 is 0. The lowest BCUT2D eigenvalue weighted by molar-refractivity contribution is -0.138. The molecule has 0 aromatic carbocycles. The summed E-state index contributed by atoms with van der Waals surface area (Å²) in [5, 5.41) is 10.8. The van der Waals surface area contributed by atoms with Crippen LogP contribution < -0.4 is 5.32 Å². The fourth-order valence-electron chi connectivity index (χ4n) is 3.43. The van der Waals surface area contributed by atoms with Gasteiger partial charge in [0.05, 0.1) is 6.54 Å². The van der Waals surface area contributed by atoms with Crippen molar-refractivity contribution in [1.29, 1.82) is 0 Å². The molecule has 3 aliphatic heterocycles. The maximum atomic E-state index is 12.5. The fourth-order valence-corrected chi connectivity index (χ4v) is 3.43. The minimum absolute atomic E-state index is 0.0388. The van der Waals surface area contributed by atoms with Gasteiger partial charge in [0.15, 0.2) is 5.66 Å². The van der Waals surface area contributed by atoms with E-state index >= 15 is 0 Å². The van der Waals surface area contributed by atoms with Crippen LogP contribution in [0.3, 0.4) is 0 Å². The van der Waals surface area contributed by atoms with Crippen LogP contribution in [-0.4, -0.2) is 59.0 Å². The summed E-state index contributed by atoms with van der Waals surface area (Å²) in [6, 6.07) is -0.405. The van der Waals surface area contributed by atoms with Crippen LogP contribution in [0, 0.1) is 12.3 Å². The van der Waals surface area contributed by atoms with E-state index in [1.165, 1.54) is 7.05 Å². The van der Waals surface area contributed by atoms with E-state index in [0.717, 1.165) is 4.90 Å². The average Bonchev–Trinajstić information content (AvgIpc) is 3.33. The van der Waals surface area contributed by atoms with Gasteiger partial charge in [0.1, 0.15) is 5.54 Å². The molecule has 0 saturated carbocycles. The van der Waals surface area contributed by atoms with Gasteiger partial charge in [0, 0.05) is 39.3 Å². The van der Waals surface area contributed by atoms with Crippen molar-refractivity contribution in [2.45, 2.75) is 49.7 Å². The van der Waals surface area contributed by atoms with Crippen molar-refractivity contribution >= 4 is 17.8 Å². The molecule has 1 N–H and O–H groups in total. The van der Waals surface area contributed by atoms with Gasteiger partial charge in [0.2, 0.25) is 5.91 Å². The maximum absolute atomic E-state index is 12.5. The molecule has 2 saturated heterocycles. The quantitative estimate of drug-likeness (QED) is 0.598. The summed E-state index contributed by atoms with van der Waals surface area (Å²) in [4.78, 5) is 39.4. The zero-order valence-corrected chi connectivity index (χ0v) is 13.7. The molecular weight excluding hydrogens is 310 g/mol. The molecule has 24 heavy (non-hydrogen) atoms. The Balaban J connectivity index is 1.57. The molecule has 3 aliphatic rings. The summed E-state index contributed by atoms with van der Waals surface area (Å²) in [5.74, 6) is 2.26. The summed E-state index contributed by atoms with van der Waals surface area (Å²) in [6.07, 6.45) is 8.60. The van der Waals surface area contributed by atoms with Gasteiger partial charge < -0.3 is 10.2 Å². The fraction of sp³-hybridized carbons (Fsp3) is 0.688. The van der Waals surface area contributed by atoms with E-state index in [-0.39, 0.29) is 18.4 Å². The van der Waals surface area contributed by atoms with Crippen molar-refractivity contribution in [2.24, 2.45) is 10.2 Å². The molecule has 4 amide bonds. The van der Waals surface area contributed by atoms with Crippen LogP contribution in [0.2, 0.25) is 0 Å². The van der Waals surface area contributed by atoms with Crippen LogP contribution in [0.5, 0.6) is 0 Å². The van der Waals surface area contributed by atoms with Crippen molar-refractivity contribution in [1.82, 2.24) is 15.1 Å². The Morgan fingerprint density at radius 3 is 2.71 bits per heavy atom. The van der Waals surface area contributed by atoms with Gasteiger partial charge in [-0.1, -0.05) is 0 Å². The number of nitrogens with one attached hydrogen (secondary N) is 1. The van der Waals surface area contributed by atoms with Crippen molar-refractivity contribution in [3.63, 3.8) is 0 Å². The first-order chi connectivity index (χ1) is 11.4. The van der Waals surface area contributed by atoms with Crippen molar-refractivity contribution < 1.29 is 14.4 Å². The van der Waals surface area contributed by atoms with E-state index in [1.807, 2.05) is 0 Å². The second-order valence-corrected chi connectivity index (χ2v) is 6.68. The van der Waals surface area contributed by atoms with E-state index in [4.69, 9.17) is 6.42 Å². The number of urea groups is 1. The number of likely N-dealkylation sites (tertiary alicyclic amines) is 1. The number of amides is 4. The standard InChI is InChI=1S/C16H21N5O3/c1-3-4-8-16(18-19-16)9-6-12(22)21-10-5-7-15(11-21)13(23)20(2)14(24)17-15/h1H,4-11H2,2H3,(H,17,24). The number of nitrogens with zero attached hydrogens (tertiary/aromatic N) is 4. The highest BCUT2D eigenvalue weighted by Gasteiger charge is 2.52. The third-order valence-corrected chi connectivity index (χ3v) is 5.00. The predicted molar refractivity (Wildman–Crippen MR) is 84.7 cm³/mol. The zero-order chi connectivity index (χ0) is 17.4. The lowest BCUT2D eigenvalue weighted by Gasteiger charge is -2.38. The molecule has 1 spiro atoms. The molecule has 0 aromatic heterocycles. The highest BCUT2D eigenvalue weighted by molar-refractivity contribution is 6.07. The van der Waals surface area contributed by atoms with Gasteiger partial charge in [-0.2, -0.15) is 10.2 Å². The molecule has 0 aliphatic carbocycles. The number of rotatable bonds is 5. The molecule has 3 rings (SSSR count). The van der Waals surface area contributed by atoms with Gasteiger partial charge in [-0.3, -0.25) is 14.5 Å². The van der Waals surface area contributed by atoms with Crippen LogP contribution in [0.15, 0.2) is 10.2 Å². The summed E-state index contributed by atoms with van der Waals surface area (Å²) in [6.45, 7) is 0.825. The van der Waals surface area contributed by atoms with Gasteiger partial charge in [-0.25, -0.2) is 4.79 Å². The molecule has 0 radical (unpaired) electrons. The topological polar surface area (TPSA) is 94.4 Å². The Morgan fingerprint density at radius 2 is 2.12 bits per heavy atom. The monoisotopic (exact) mass is 331 g/mol. The molecule has 8 heteroatoms. The normalized spacial score (nSPS) is 27.3. The maximum Gasteiger partial charge on any atom is 0.324 e. The van der Waals surface area contributed by atoms with Crippen LogP contribution in [0.25, 0.3) is 0 Å². The van der Waals surface area contributed by atoms with E-state index in [0.29, 0.717) is 45.1 Å². The minimum atomic E-state index is -0.963. The first-order valence-electron chi connectivity index (χ1n) is 8.17. The number of imide groups is 1. The Bertz CT molecular complexity index is 647. The first-order valence-corrected chi connectivity index (χ1v) is 8.17. The smallest absolute Gasteiger partial charge is 0.324 e. The number of piperidine rings is 1. The number of carbonyl (C=O) groups excluding carboxylic acids is 3. The van der Waals surface area contributed by atoms with E-state index in [9.17, 15) is 14.4 Å². The SMILES string of the molecule is C#CCCC1(CCC(=O)N2CCCC3(C2)NC(=O)N(C)C3=O)N=N1. The lowest BCUT2D eigenvalue weighted by Crippen LogP contribution is -2.59. The van der Waals surface area contributed by atoms with Crippen LogP contribution in [0.1, 0.15) is 38.5 Å². The minimum Gasteiger partial charge on any atom is -0.340 e. The molecule has 3 heterocycles. The van der Waals surface area contributed by atoms with Crippen molar-refractivity contribution in [2.75, 3.05) is 20.1 Å². The molecule has 1 atom stereocenters. The van der Waals surface area contributed by atoms with E-state index < -0.39 is 17.2 Å². The van der Waals surface area contributed by atoms with Gasteiger partial charge in [-0.15, -0.1) is 12.3 Å². The second kappa shape index (κ2) is 5.89. The first kappa shape index (κ1) is 16.4. The van der Waals surface area contributed by atoms with Crippen LogP contribution in [-0.2, 0) is 9.59 Å². The second-order valence-electron chi connectivity index (χ2n) is 6.68. The van der Waals surface area contributed by atoms with Gasteiger partial charge >= 0.3 is 6.03 Å².